The highest BCUT2D eigenvalue weighted by atomic mass is 79.9. The molecule has 0 saturated heterocycles. The van der Waals surface area contributed by atoms with Gasteiger partial charge in [-0.1, -0.05) is 34.5 Å². The highest BCUT2D eigenvalue weighted by Gasteiger charge is 2.08. The summed E-state index contributed by atoms with van der Waals surface area (Å²) in [6.45, 7) is 3.90. The first-order chi connectivity index (χ1) is 8.70. The molecule has 0 atom stereocenters. The number of hydrogen-bond acceptors (Lipinski definition) is 2. The van der Waals surface area contributed by atoms with Crippen LogP contribution in [0.2, 0.25) is 5.02 Å². The predicted octanol–water partition coefficient (Wildman–Crippen LogP) is 4.86. The summed E-state index contributed by atoms with van der Waals surface area (Å²) in [6, 6.07) is 9.63. The van der Waals surface area contributed by atoms with E-state index in [2.05, 4.69) is 28.2 Å². The maximum Gasteiger partial charge on any atom is 0.135 e. The molecule has 2 nitrogen and oxygen atoms in total. The third kappa shape index (κ3) is 3.37. The van der Waals surface area contributed by atoms with E-state index in [1.54, 1.807) is 0 Å². The molecule has 0 unspecified atom stereocenters. The maximum absolute atomic E-state index is 6.00. The van der Waals surface area contributed by atoms with E-state index in [4.69, 9.17) is 16.0 Å². The van der Waals surface area contributed by atoms with Crippen LogP contribution in [0, 0.1) is 0 Å². The van der Waals surface area contributed by atoms with Crippen LogP contribution in [0.1, 0.15) is 19.1 Å². The third-order valence-corrected chi connectivity index (χ3v) is 3.51. The Hall–Kier alpha value is -0.770. The highest BCUT2D eigenvalue weighted by molar-refractivity contribution is 9.10. The Morgan fingerprint density at radius 1 is 1.28 bits per heavy atom. The molecule has 0 radical (unpaired) electrons. The lowest BCUT2D eigenvalue weighted by atomic mass is 10.2. The summed E-state index contributed by atoms with van der Waals surface area (Å²) >= 11 is 9.51. The summed E-state index contributed by atoms with van der Waals surface area (Å²) < 4.78 is 6.78. The smallest absolute Gasteiger partial charge is 0.135 e. The molecule has 1 N–H and O–H groups in total. The molecule has 0 aliphatic carbocycles. The predicted molar refractivity (Wildman–Crippen MR) is 78.9 cm³/mol. The summed E-state index contributed by atoms with van der Waals surface area (Å²) in [5.74, 6) is 1.77. The number of halogens is 2. The first-order valence-electron chi connectivity index (χ1n) is 5.95. The number of furan rings is 1. The topological polar surface area (TPSA) is 25.2 Å². The van der Waals surface area contributed by atoms with Gasteiger partial charge in [-0.25, -0.2) is 0 Å². The van der Waals surface area contributed by atoms with E-state index in [1.165, 1.54) is 0 Å². The van der Waals surface area contributed by atoms with Crippen LogP contribution >= 0.6 is 27.5 Å². The van der Waals surface area contributed by atoms with Crippen LogP contribution in [-0.2, 0) is 6.54 Å². The van der Waals surface area contributed by atoms with Crippen molar-refractivity contribution in [2.75, 3.05) is 6.54 Å². The summed E-state index contributed by atoms with van der Waals surface area (Å²) in [5, 5.41) is 4.01. The van der Waals surface area contributed by atoms with Crippen LogP contribution in [0.15, 0.2) is 39.2 Å². The summed E-state index contributed by atoms with van der Waals surface area (Å²) in [7, 11) is 0. The number of nitrogens with one attached hydrogen (secondary N) is 1. The quantitative estimate of drug-likeness (QED) is 0.793. The molecule has 96 valence electrons. The van der Waals surface area contributed by atoms with E-state index in [9.17, 15) is 0 Å². The van der Waals surface area contributed by atoms with Crippen molar-refractivity contribution in [3.63, 3.8) is 0 Å². The van der Waals surface area contributed by atoms with Crippen molar-refractivity contribution in [2.24, 2.45) is 0 Å². The normalized spacial score (nSPS) is 10.8. The molecule has 0 bridgehead atoms. The zero-order chi connectivity index (χ0) is 13.0. The van der Waals surface area contributed by atoms with Crippen molar-refractivity contribution in [1.82, 2.24) is 5.32 Å². The molecular weight excluding hydrogens is 314 g/mol. The molecule has 2 rings (SSSR count). The number of benzene rings is 1. The molecule has 1 heterocycles. The van der Waals surface area contributed by atoms with Crippen molar-refractivity contribution in [2.45, 2.75) is 19.9 Å². The third-order valence-electron chi connectivity index (χ3n) is 2.58. The molecule has 1 aromatic heterocycles. The molecule has 0 aliphatic heterocycles. The van der Waals surface area contributed by atoms with E-state index in [0.29, 0.717) is 5.02 Å². The standard InChI is InChI=1S/C14H15BrClNO/c1-2-7-17-9-11-4-6-14(18-11)12-8-10(16)3-5-13(12)15/h3-6,8,17H,2,7,9H2,1H3. The summed E-state index contributed by atoms with van der Waals surface area (Å²) in [5.41, 5.74) is 0.976. The Labute approximate surface area is 120 Å². The number of rotatable bonds is 5. The van der Waals surface area contributed by atoms with Crippen molar-refractivity contribution in [3.05, 3.63) is 45.6 Å². The lowest BCUT2D eigenvalue weighted by Crippen LogP contribution is -2.12. The Bertz CT molecular complexity index is 524. The average molecular weight is 329 g/mol. The van der Waals surface area contributed by atoms with Gasteiger partial charge < -0.3 is 9.73 Å². The average Bonchev–Trinajstić information content (AvgIpc) is 2.81. The van der Waals surface area contributed by atoms with E-state index in [1.807, 2.05) is 30.3 Å². The fraction of sp³-hybridized carbons (Fsp3) is 0.286. The minimum atomic E-state index is 0.704. The second kappa shape index (κ2) is 6.41. The van der Waals surface area contributed by atoms with Crippen LogP contribution in [0.25, 0.3) is 11.3 Å². The molecule has 0 spiro atoms. The Kier molecular flexibility index (Phi) is 4.87. The van der Waals surface area contributed by atoms with E-state index >= 15 is 0 Å². The van der Waals surface area contributed by atoms with Crippen molar-refractivity contribution < 1.29 is 4.42 Å². The first-order valence-corrected chi connectivity index (χ1v) is 7.12. The minimum absolute atomic E-state index is 0.704. The number of hydrogen-bond donors (Lipinski definition) is 1. The molecule has 1 aromatic carbocycles. The van der Waals surface area contributed by atoms with Gasteiger partial charge >= 0.3 is 0 Å². The largest absolute Gasteiger partial charge is 0.460 e. The Morgan fingerprint density at radius 3 is 2.89 bits per heavy atom. The van der Waals surface area contributed by atoms with Crippen LogP contribution in [0.4, 0.5) is 0 Å². The fourth-order valence-electron chi connectivity index (χ4n) is 1.69. The van der Waals surface area contributed by atoms with Gasteiger partial charge in [-0.05, 0) is 43.3 Å². The van der Waals surface area contributed by atoms with Gasteiger partial charge in [-0.15, -0.1) is 0 Å². The van der Waals surface area contributed by atoms with Crippen molar-refractivity contribution >= 4 is 27.5 Å². The maximum atomic E-state index is 6.00. The van der Waals surface area contributed by atoms with Gasteiger partial charge in [0.1, 0.15) is 11.5 Å². The Morgan fingerprint density at radius 2 is 2.11 bits per heavy atom. The molecule has 0 fully saturated rings. The van der Waals surface area contributed by atoms with E-state index in [-0.39, 0.29) is 0 Å². The summed E-state index contributed by atoms with van der Waals surface area (Å²) in [4.78, 5) is 0. The van der Waals surface area contributed by atoms with Gasteiger partial charge in [0.05, 0.1) is 6.54 Å². The molecule has 0 aliphatic rings. The fourth-order valence-corrected chi connectivity index (χ4v) is 2.31. The van der Waals surface area contributed by atoms with Gasteiger partial charge in [-0.2, -0.15) is 0 Å². The van der Waals surface area contributed by atoms with Crippen LogP contribution < -0.4 is 5.32 Å². The van der Waals surface area contributed by atoms with Crippen LogP contribution in [-0.4, -0.2) is 6.54 Å². The second-order valence-corrected chi connectivity index (χ2v) is 5.36. The first kappa shape index (κ1) is 13.7. The van der Waals surface area contributed by atoms with Crippen LogP contribution in [0.5, 0.6) is 0 Å². The zero-order valence-electron chi connectivity index (χ0n) is 10.2. The van der Waals surface area contributed by atoms with E-state index in [0.717, 1.165) is 41.1 Å². The summed E-state index contributed by atoms with van der Waals surface area (Å²) in [6.07, 6.45) is 1.12. The van der Waals surface area contributed by atoms with Crippen LogP contribution in [0.3, 0.4) is 0 Å². The van der Waals surface area contributed by atoms with Gasteiger partial charge in [0.25, 0.3) is 0 Å². The molecule has 2 aromatic rings. The van der Waals surface area contributed by atoms with Crippen molar-refractivity contribution in [3.8, 4) is 11.3 Å². The highest BCUT2D eigenvalue weighted by Crippen LogP contribution is 2.31. The molecule has 18 heavy (non-hydrogen) atoms. The second-order valence-electron chi connectivity index (χ2n) is 4.07. The SMILES string of the molecule is CCCNCc1ccc(-c2cc(Cl)ccc2Br)o1. The van der Waals surface area contributed by atoms with Gasteiger partial charge in [-0.3, -0.25) is 0 Å². The Balaban J connectivity index is 2.16. The molecule has 0 saturated carbocycles. The zero-order valence-corrected chi connectivity index (χ0v) is 12.5. The van der Waals surface area contributed by atoms with Gasteiger partial charge in [0, 0.05) is 15.1 Å². The minimum Gasteiger partial charge on any atom is -0.460 e. The molecular formula is C14H15BrClNO. The lowest BCUT2D eigenvalue weighted by Gasteiger charge is -2.02. The monoisotopic (exact) mass is 327 g/mol. The molecule has 4 heteroatoms. The van der Waals surface area contributed by atoms with E-state index < -0.39 is 0 Å². The van der Waals surface area contributed by atoms with Gasteiger partial charge in [0.2, 0.25) is 0 Å². The lowest BCUT2D eigenvalue weighted by molar-refractivity contribution is 0.493. The van der Waals surface area contributed by atoms with Gasteiger partial charge in [0.15, 0.2) is 0 Å². The molecule has 0 amide bonds. The van der Waals surface area contributed by atoms with Crippen molar-refractivity contribution in [1.29, 1.82) is 0 Å².